The molecule has 9 nitrogen and oxygen atoms in total. The maximum absolute atomic E-state index is 11.7. The molecule has 0 spiro atoms. The van der Waals surface area contributed by atoms with Crippen LogP contribution in [0.4, 0.5) is 0 Å². The lowest BCUT2D eigenvalue weighted by Gasteiger charge is -2.20. The van der Waals surface area contributed by atoms with Crippen molar-refractivity contribution in [2.45, 2.75) is 53.1 Å². The van der Waals surface area contributed by atoms with Gasteiger partial charge in [0, 0.05) is 5.57 Å². The summed E-state index contributed by atoms with van der Waals surface area (Å²) in [5, 5.41) is 9.55. The predicted molar refractivity (Wildman–Crippen MR) is 98.0 cm³/mol. The lowest BCUT2D eigenvalue weighted by molar-refractivity contribution is -0.159. The Bertz CT molecular complexity index is 566. The van der Waals surface area contributed by atoms with Crippen molar-refractivity contribution in [1.82, 2.24) is 0 Å². The highest BCUT2D eigenvalue weighted by molar-refractivity contribution is 5.86. The SMILES string of the molecule is C=C(C)C(=O)OCC(O)COC(=O)CCC(=O)OCCOC(=O)C(C)(C)CC. The number of carbonyl (C=O) groups excluding carboxylic acids is 4. The molecule has 0 heterocycles. The second-order valence-corrected chi connectivity index (χ2v) is 6.81. The maximum Gasteiger partial charge on any atom is 0.333 e. The van der Waals surface area contributed by atoms with Gasteiger partial charge < -0.3 is 24.1 Å². The summed E-state index contributed by atoms with van der Waals surface area (Å²) in [6, 6.07) is 0. The van der Waals surface area contributed by atoms with Gasteiger partial charge in [-0.2, -0.15) is 0 Å². The standard InChI is InChI=1S/C19H30O9/c1-6-19(4,5)18(24)26-10-9-25-15(21)7-8-16(22)27-11-14(20)12-28-17(23)13(2)3/h14,20H,2,6-12H2,1,3-5H3. The summed E-state index contributed by atoms with van der Waals surface area (Å²) in [6.45, 7) is 9.36. The van der Waals surface area contributed by atoms with E-state index in [-0.39, 0.29) is 50.8 Å². The predicted octanol–water partition coefficient (Wildman–Crippen LogP) is 1.31. The molecule has 0 aromatic heterocycles. The lowest BCUT2D eigenvalue weighted by Crippen LogP contribution is -2.27. The van der Waals surface area contributed by atoms with Gasteiger partial charge in [0.2, 0.25) is 0 Å². The van der Waals surface area contributed by atoms with E-state index in [9.17, 15) is 24.3 Å². The third-order valence-corrected chi connectivity index (χ3v) is 3.74. The average Bonchev–Trinajstić information content (AvgIpc) is 2.65. The molecule has 0 saturated carbocycles. The van der Waals surface area contributed by atoms with Gasteiger partial charge in [0.1, 0.15) is 32.5 Å². The molecule has 1 atom stereocenters. The molecule has 0 aliphatic carbocycles. The van der Waals surface area contributed by atoms with Crippen LogP contribution in [0.3, 0.4) is 0 Å². The van der Waals surface area contributed by atoms with Crippen LogP contribution in [0.15, 0.2) is 12.2 Å². The molecule has 0 radical (unpaired) electrons. The van der Waals surface area contributed by atoms with Gasteiger partial charge in [-0.25, -0.2) is 4.79 Å². The fourth-order valence-corrected chi connectivity index (χ4v) is 1.51. The Balaban J connectivity index is 3.86. The lowest BCUT2D eigenvalue weighted by atomic mass is 9.91. The third kappa shape index (κ3) is 11.3. The minimum atomic E-state index is -1.18. The van der Waals surface area contributed by atoms with Crippen LogP contribution < -0.4 is 0 Å². The van der Waals surface area contributed by atoms with Crippen LogP contribution in [0.2, 0.25) is 0 Å². The quantitative estimate of drug-likeness (QED) is 0.210. The van der Waals surface area contributed by atoms with E-state index >= 15 is 0 Å². The van der Waals surface area contributed by atoms with Crippen LogP contribution in [0.1, 0.15) is 47.0 Å². The highest BCUT2D eigenvalue weighted by Crippen LogP contribution is 2.21. The number of aliphatic hydroxyl groups is 1. The summed E-state index contributed by atoms with van der Waals surface area (Å²) >= 11 is 0. The molecule has 9 heteroatoms. The zero-order chi connectivity index (χ0) is 21.7. The molecular formula is C19H30O9. The largest absolute Gasteiger partial charge is 0.463 e. The normalized spacial score (nSPS) is 11.9. The van der Waals surface area contributed by atoms with Crippen molar-refractivity contribution in [2.75, 3.05) is 26.4 Å². The molecule has 0 rings (SSSR count). The molecule has 0 aromatic carbocycles. The Morgan fingerprint density at radius 2 is 1.43 bits per heavy atom. The van der Waals surface area contributed by atoms with E-state index in [1.165, 1.54) is 6.92 Å². The summed E-state index contributed by atoms with van der Waals surface area (Å²) in [5.41, 5.74) is -0.409. The van der Waals surface area contributed by atoms with Crippen molar-refractivity contribution in [2.24, 2.45) is 5.41 Å². The number of rotatable bonds is 13. The molecule has 1 N–H and O–H groups in total. The fraction of sp³-hybridized carbons (Fsp3) is 0.684. The fourth-order valence-electron chi connectivity index (χ4n) is 1.51. The van der Waals surface area contributed by atoms with Crippen LogP contribution in [0.5, 0.6) is 0 Å². The van der Waals surface area contributed by atoms with Crippen molar-refractivity contribution >= 4 is 23.9 Å². The number of carbonyl (C=O) groups is 4. The Kier molecular flexibility index (Phi) is 11.8. The van der Waals surface area contributed by atoms with Crippen LogP contribution in [-0.4, -0.2) is 61.5 Å². The van der Waals surface area contributed by atoms with Gasteiger partial charge in [-0.05, 0) is 27.2 Å². The molecular weight excluding hydrogens is 372 g/mol. The van der Waals surface area contributed by atoms with E-state index in [1.54, 1.807) is 13.8 Å². The Hall–Kier alpha value is -2.42. The monoisotopic (exact) mass is 402 g/mol. The van der Waals surface area contributed by atoms with E-state index in [0.717, 1.165) is 0 Å². The maximum atomic E-state index is 11.7. The van der Waals surface area contributed by atoms with Gasteiger partial charge in [-0.15, -0.1) is 0 Å². The smallest absolute Gasteiger partial charge is 0.333 e. The van der Waals surface area contributed by atoms with E-state index < -0.39 is 29.4 Å². The third-order valence-electron chi connectivity index (χ3n) is 3.74. The van der Waals surface area contributed by atoms with E-state index in [4.69, 9.17) is 18.9 Å². The summed E-state index contributed by atoms with van der Waals surface area (Å²) in [4.78, 5) is 45.9. The Morgan fingerprint density at radius 1 is 0.929 bits per heavy atom. The van der Waals surface area contributed by atoms with Crippen LogP contribution in [0.25, 0.3) is 0 Å². The van der Waals surface area contributed by atoms with E-state index in [0.29, 0.717) is 6.42 Å². The number of ether oxygens (including phenoxy) is 4. The topological polar surface area (TPSA) is 125 Å². The van der Waals surface area contributed by atoms with Gasteiger partial charge in [-0.3, -0.25) is 14.4 Å². The van der Waals surface area contributed by atoms with Crippen molar-refractivity contribution in [3.8, 4) is 0 Å². The molecule has 160 valence electrons. The van der Waals surface area contributed by atoms with Gasteiger partial charge in [0.25, 0.3) is 0 Å². The number of hydrogen-bond donors (Lipinski definition) is 1. The van der Waals surface area contributed by atoms with Crippen molar-refractivity contribution in [1.29, 1.82) is 0 Å². The van der Waals surface area contributed by atoms with Crippen LogP contribution in [-0.2, 0) is 38.1 Å². The first kappa shape index (κ1) is 25.6. The zero-order valence-corrected chi connectivity index (χ0v) is 16.9. The first-order valence-corrected chi connectivity index (χ1v) is 8.98. The molecule has 0 aliphatic heterocycles. The van der Waals surface area contributed by atoms with Crippen LogP contribution >= 0.6 is 0 Å². The van der Waals surface area contributed by atoms with E-state index in [2.05, 4.69) is 6.58 Å². The summed E-state index contributed by atoms with van der Waals surface area (Å²) in [5.74, 6) is -2.38. The highest BCUT2D eigenvalue weighted by atomic mass is 16.6. The van der Waals surface area contributed by atoms with Gasteiger partial charge in [-0.1, -0.05) is 13.5 Å². The summed E-state index contributed by atoms with van der Waals surface area (Å²) in [7, 11) is 0. The van der Waals surface area contributed by atoms with Gasteiger partial charge >= 0.3 is 23.9 Å². The first-order chi connectivity index (χ1) is 13.0. The minimum Gasteiger partial charge on any atom is -0.463 e. The molecule has 1 unspecified atom stereocenters. The number of aliphatic hydroxyl groups excluding tert-OH is 1. The van der Waals surface area contributed by atoms with Crippen molar-refractivity contribution in [3.63, 3.8) is 0 Å². The second-order valence-electron chi connectivity index (χ2n) is 6.81. The zero-order valence-electron chi connectivity index (χ0n) is 16.9. The molecule has 0 bridgehead atoms. The molecule has 0 aliphatic rings. The number of hydrogen-bond acceptors (Lipinski definition) is 9. The van der Waals surface area contributed by atoms with E-state index in [1.807, 2.05) is 6.92 Å². The van der Waals surface area contributed by atoms with Crippen molar-refractivity contribution in [3.05, 3.63) is 12.2 Å². The van der Waals surface area contributed by atoms with Gasteiger partial charge in [0.15, 0.2) is 0 Å². The van der Waals surface area contributed by atoms with Gasteiger partial charge in [0.05, 0.1) is 18.3 Å². The van der Waals surface area contributed by atoms with Crippen molar-refractivity contribution < 1.29 is 43.2 Å². The molecule has 0 aromatic rings. The summed E-state index contributed by atoms with van der Waals surface area (Å²) in [6.07, 6.45) is -1.01. The molecule has 0 fully saturated rings. The van der Waals surface area contributed by atoms with Crippen LogP contribution in [0, 0.1) is 5.41 Å². The molecule has 28 heavy (non-hydrogen) atoms. The molecule has 0 amide bonds. The highest BCUT2D eigenvalue weighted by Gasteiger charge is 2.26. The Labute approximate surface area is 165 Å². The Morgan fingerprint density at radius 3 is 1.96 bits per heavy atom. The number of esters is 4. The molecule has 0 saturated heterocycles. The first-order valence-electron chi connectivity index (χ1n) is 8.98. The average molecular weight is 402 g/mol. The summed E-state index contributed by atoms with van der Waals surface area (Å²) < 4.78 is 19.4. The second kappa shape index (κ2) is 12.9. The minimum absolute atomic E-state index is 0.0620.